The molecule has 0 radical (unpaired) electrons. The van der Waals surface area contributed by atoms with Crippen LogP contribution in [0.4, 0.5) is 5.82 Å². The Hall–Kier alpha value is -1.90. The number of rotatable bonds is 6. The quantitative estimate of drug-likeness (QED) is 0.766. The molecule has 1 fully saturated rings. The van der Waals surface area contributed by atoms with Gasteiger partial charge < -0.3 is 10.1 Å². The molecule has 1 aromatic heterocycles. The first kappa shape index (κ1) is 18.4. The van der Waals surface area contributed by atoms with Gasteiger partial charge in [-0.2, -0.15) is 5.10 Å². The standard InChI is InChI=1S/C15H23N3O5S/c1-10(2)18-13(4-6-16-18)17-15(20)11(3)23-14(19)8-12-5-7-24(21,22)9-12/h4,6,10-12H,5,7-9H2,1-3H3,(H,17,20). The SMILES string of the molecule is CC(OC(=O)CC1CCS(=O)(=O)C1)C(=O)Nc1ccnn1C(C)C. The Morgan fingerprint density at radius 2 is 2.12 bits per heavy atom. The molecule has 0 aliphatic carbocycles. The van der Waals surface area contributed by atoms with Gasteiger partial charge in [-0.05, 0) is 33.1 Å². The maximum atomic E-state index is 12.1. The van der Waals surface area contributed by atoms with Gasteiger partial charge in [-0.1, -0.05) is 0 Å². The summed E-state index contributed by atoms with van der Waals surface area (Å²) in [6.45, 7) is 5.35. The molecule has 134 valence electrons. The average Bonchev–Trinajstić information content (AvgIpc) is 3.05. The molecule has 1 aliphatic heterocycles. The van der Waals surface area contributed by atoms with Crippen LogP contribution >= 0.6 is 0 Å². The van der Waals surface area contributed by atoms with Gasteiger partial charge in [0.1, 0.15) is 5.82 Å². The molecule has 2 atom stereocenters. The first-order chi connectivity index (χ1) is 11.2. The maximum absolute atomic E-state index is 12.1. The van der Waals surface area contributed by atoms with Crippen LogP contribution in [0.2, 0.25) is 0 Å². The number of anilines is 1. The number of carbonyl (C=O) groups is 2. The molecule has 1 N–H and O–H groups in total. The summed E-state index contributed by atoms with van der Waals surface area (Å²) in [5.74, 6) is -0.585. The highest BCUT2D eigenvalue weighted by atomic mass is 32.2. The fraction of sp³-hybridized carbons (Fsp3) is 0.667. The van der Waals surface area contributed by atoms with E-state index in [4.69, 9.17) is 4.74 Å². The predicted octanol–water partition coefficient (Wildman–Crippen LogP) is 1.16. The zero-order valence-electron chi connectivity index (χ0n) is 14.1. The molecule has 1 saturated heterocycles. The predicted molar refractivity (Wildman–Crippen MR) is 88.2 cm³/mol. The highest BCUT2D eigenvalue weighted by molar-refractivity contribution is 7.91. The zero-order valence-corrected chi connectivity index (χ0v) is 14.9. The second-order valence-corrected chi connectivity index (χ2v) is 8.58. The summed E-state index contributed by atoms with van der Waals surface area (Å²) in [6.07, 6.45) is 1.09. The monoisotopic (exact) mass is 357 g/mol. The number of esters is 1. The number of nitrogens with one attached hydrogen (secondary N) is 1. The first-order valence-corrected chi connectivity index (χ1v) is 9.74. The van der Waals surface area contributed by atoms with E-state index in [1.54, 1.807) is 16.9 Å². The third-order valence-corrected chi connectivity index (χ3v) is 5.71. The van der Waals surface area contributed by atoms with E-state index in [1.165, 1.54) is 6.92 Å². The molecule has 0 aromatic carbocycles. The molecule has 1 aromatic rings. The van der Waals surface area contributed by atoms with E-state index in [1.807, 2.05) is 13.8 Å². The summed E-state index contributed by atoms with van der Waals surface area (Å²) in [6, 6.07) is 1.74. The lowest BCUT2D eigenvalue weighted by Crippen LogP contribution is -2.31. The molecule has 0 bridgehead atoms. The molecule has 1 aliphatic rings. The van der Waals surface area contributed by atoms with Gasteiger partial charge >= 0.3 is 5.97 Å². The summed E-state index contributed by atoms with van der Waals surface area (Å²) >= 11 is 0. The van der Waals surface area contributed by atoms with Crippen LogP contribution in [0, 0.1) is 5.92 Å². The Labute approximate surface area is 141 Å². The van der Waals surface area contributed by atoms with Crippen molar-refractivity contribution in [2.75, 3.05) is 16.8 Å². The molecule has 0 saturated carbocycles. The van der Waals surface area contributed by atoms with Gasteiger partial charge in [0.25, 0.3) is 5.91 Å². The first-order valence-electron chi connectivity index (χ1n) is 7.92. The highest BCUT2D eigenvalue weighted by Crippen LogP contribution is 2.22. The number of aromatic nitrogens is 2. The summed E-state index contributed by atoms with van der Waals surface area (Å²) in [4.78, 5) is 24.0. The van der Waals surface area contributed by atoms with Crippen LogP contribution in [-0.4, -0.2) is 47.7 Å². The van der Waals surface area contributed by atoms with Crippen LogP contribution in [0.3, 0.4) is 0 Å². The van der Waals surface area contributed by atoms with Crippen LogP contribution in [0.25, 0.3) is 0 Å². The van der Waals surface area contributed by atoms with Crippen molar-refractivity contribution in [1.82, 2.24) is 9.78 Å². The number of amides is 1. The molecule has 0 spiro atoms. The molecule has 2 rings (SSSR count). The largest absolute Gasteiger partial charge is 0.453 e. The lowest BCUT2D eigenvalue weighted by molar-refractivity contribution is -0.153. The molecular formula is C15H23N3O5S. The number of hydrogen-bond donors (Lipinski definition) is 1. The summed E-state index contributed by atoms with van der Waals surface area (Å²) < 4.78 is 29.6. The van der Waals surface area contributed by atoms with E-state index < -0.39 is 27.8 Å². The van der Waals surface area contributed by atoms with Gasteiger partial charge in [0, 0.05) is 18.5 Å². The van der Waals surface area contributed by atoms with E-state index in [9.17, 15) is 18.0 Å². The molecule has 1 amide bonds. The summed E-state index contributed by atoms with van der Waals surface area (Å²) in [7, 11) is -3.03. The minimum atomic E-state index is -3.03. The van der Waals surface area contributed by atoms with Gasteiger partial charge in [-0.15, -0.1) is 0 Å². The number of nitrogens with zero attached hydrogens (tertiary/aromatic N) is 2. The third-order valence-electron chi connectivity index (χ3n) is 3.87. The lowest BCUT2D eigenvalue weighted by atomic mass is 10.1. The van der Waals surface area contributed by atoms with Crippen LogP contribution in [0.1, 0.15) is 39.7 Å². The summed E-state index contributed by atoms with van der Waals surface area (Å²) in [5.41, 5.74) is 0. The van der Waals surface area contributed by atoms with E-state index in [-0.39, 0.29) is 29.9 Å². The molecular weight excluding hydrogens is 334 g/mol. The molecule has 24 heavy (non-hydrogen) atoms. The average molecular weight is 357 g/mol. The fourth-order valence-electron chi connectivity index (χ4n) is 2.62. The maximum Gasteiger partial charge on any atom is 0.306 e. The number of carbonyl (C=O) groups excluding carboxylic acids is 2. The van der Waals surface area contributed by atoms with Gasteiger partial charge in [-0.3, -0.25) is 9.59 Å². The second kappa shape index (κ2) is 7.33. The Balaban J connectivity index is 1.85. The van der Waals surface area contributed by atoms with Gasteiger partial charge in [0.05, 0.1) is 17.7 Å². The number of sulfone groups is 1. The third kappa shape index (κ3) is 4.80. The Morgan fingerprint density at radius 1 is 1.42 bits per heavy atom. The van der Waals surface area contributed by atoms with Crippen molar-refractivity contribution in [3.63, 3.8) is 0 Å². The second-order valence-electron chi connectivity index (χ2n) is 6.35. The van der Waals surface area contributed by atoms with E-state index in [0.29, 0.717) is 12.2 Å². The van der Waals surface area contributed by atoms with Crippen LogP contribution in [-0.2, 0) is 24.2 Å². The Bertz CT molecular complexity index is 710. The number of hydrogen-bond acceptors (Lipinski definition) is 6. The van der Waals surface area contributed by atoms with Crippen LogP contribution in [0.15, 0.2) is 12.3 Å². The van der Waals surface area contributed by atoms with Gasteiger partial charge in [0.15, 0.2) is 15.9 Å². The van der Waals surface area contributed by atoms with Crippen molar-refractivity contribution in [3.05, 3.63) is 12.3 Å². The topological polar surface area (TPSA) is 107 Å². The van der Waals surface area contributed by atoms with Gasteiger partial charge in [-0.25, -0.2) is 13.1 Å². The van der Waals surface area contributed by atoms with E-state index >= 15 is 0 Å². The van der Waals surface area contributed by atoms with Crippen LogP contribution in [0.5, 0.6) is 0 Å². The highest BCUT2D eigenvalue weighted by Gasteiger charge is 2.30. The van der Waals surface area contributed by atoms with E-state index in [2.05, 4.69) is 10.4 Å². The minimum Gasteiger partial charge on any atom is -0.453 e. The zero-order chi connectivity index (χ0) is 17.9. The van der Waals surface area contributed by atoms with Crippen molar-refractivity contribution in [3.8, 4) is 0 Å². The van der Waals surface area contributed by atoms with Crippen LogP contribution < -0.4 is 5.32 Å². The number of ether oxygens (including phenoxy) is 1. The molecule has 2 unspecified atom stereocenters. The lowest BCUT2D eigenvalue weighted by Gasteiger charge is -2.16. The van der Waals surface area contributed by atoms with Crippen molar-refractivity contribution in [2.24, 2.45) is 5.92 Å². The molecule has 2 heterocycles. The van der Waals surface area contributed by atoms with Crippen molar-refractivity contribution in [1.29, 1.82) is 0 Å². The molecule has 9 heteroatoms. The van der Waals surface area contributed by atoms with E-state index in [0.717, 1.165) is 0 Å². The van der Waals surface area contributed by atoms with Gasteiger partial charge in [0.2, 0.25) is 0 Å². The van der Waals surface area contributed by atoms with Crippen molar-refractivity contribution < 1.29 is 22.7 Å². The molecule has 8 nitrogen and oxygen atoms in total. The Morgan fingerprint density at radius 3 is 2.71 bits per heavy atom. The van der Waals surface area contributed by atoms with Crippen molar-refractivity contribution >= 4 is 27.5 Å². The summed E-state index contributed by atoms with van der Waals surface area (Å²) in [5, 5.41) is 6.78. The Kier molecular flexibility index (Phi) is 5.63. The smallest absolute Gasteiger partial charge is 0.306 e. The van der Waals surface area contributed by atoms with Crippen molar-refractivity contribution in [2.45, 2.75) is 45.8 Å². The fourth-order valence-corrected chi connectivity index (χ4v) is 4.48. The minimum absolute atomic E-state index is 0.0102. The normalized spacial score (nSPS) is 20.8.